The first-order chi connectivity index (χ1) is 22.9. The maximum atomic E-state index is 14.2. The third-order valence-corrected chi connectivity index (χ3v) is 8.88. The Hall–Kier alpha value is -5.38. The normalized spacial score (nSPS) is 16.6. The zero-order valence-corrected chi connectivity index (χ0v) is 27.7. The van der Waals surface area contributed by atoms with Crippen molar-refractivity contribution in [1.82, 2.24) is 4.57 Å². The molecule has 1 aliphatic heterocycles. The van der Waals surface area contributed by atoms with Crippen LogP contribution in [0.4, 0.5) is 0 Å². The lowest BCUT2D eigenvalue weighted by Gasteiger charge is -2.43. The molecular weight excluding hydrogens is 614 g/mol. The second-order valence-corrected chi connectivity index (χ2v) is 12.5. The summed E-state index contributed by atoms with van der Waals surface area (Å²) in [5, 5.41) is 2.64. The van der Waals surface area contributed by atoms with Crippen molar-refractivity contribution in [3.8, 4) is 17.2 Å². The second-order valence-electron chi connectivity index (χ2n) is 12.5. The van der Waals surface area contributed by atoms with Gasteiger partial charge in [-0.3, -0.25) is 19.2 Å². The van der Waals surface area contributed by atoms with Crippen molar-refractivity contribution >= 4 is 50.3 Å². The minimum absolute atomic E-state index is 0.0479. The predicted octanol–water partition coefficient (Wildman–Crippen LogP) is 6.60. The molecule has 248 valence electrons. The number of fused-ring (bicyclic) bond motifs is 5. The minimum Gasteiger partial charge on any atom is -0.497 e. The van der Waals surface area contributed by atoms with Gasteiger partial charge in [-0.2, -0.15) is 0 Å². The first-order valence-electron chi connectivity index (χ1n) is 15.7. The van der Waals surface area contributed by atoms with E-state index in [1.54, 1.807) is 51.3 Å². The van der Waals surface area contributed by atoms with Gasteiger partial charge in [0.2, 0.25) is 5.43 Å². The summed E-state index contributed by atoms with van der Waals surface area (Å²) >= 11 is 0. The van der Waals surface area contributed by atoms with E-state index in [1.807, 2.05) is 48.0 Å². The smallest absolute Gasteiger partial charge is 0.306 e. The van der Waals surface area contributed by atoms with Gasteiger partial charge in [-0.05, 0) is 67.4 Å². The molecule has 2 atom stereocenters. The maximum Gasteiger partial charge on any atom is 0.306 e. The van der Waals surface area contributed by atoms with Crippen LogP contribution in [0.1, 0.15) is 62.1 Å². The molecule has 0 radical (unpaired) electrons. The van der Waals surface area contributed by atoms with E-state index in [0.717, 1.165) is 10.8 Å². The summed E-state index contributed by atoms with van der Waals surface area (Å²) in [5.41, 5.74) is 0.582. The van der Waals surface area contributed by atoms with E-state index >= 15 is 0 Å². The van der Waals surface area contributed by atoms with Crippen molar-refractivity contribution < 1.29 is 38.1 Å². The number of hydrogen-bond donors (Lipinski definition) is 0. The highest BCUT2D eigenvalue weighted by Gasteiger charge is 2.50. The Morgan fingerprint density at radius 1 is 0.896 bits per heavy atom. The number of Topliss-reactive ketones (excluding diaryl/α,β-unsaturated/α-hetero) is 1. The molecule has 4 aromatic carbocycles. The Balaban J connectivity index is 1.39. The maximum absolute atomic E-state index is 14.2. The minimum atomic E-state index is -1.16. The lowest BCUT2D eigenvalue weighted by molar-refractivity contribution is -0.189. The third kappa shape index (κ3) is 5.83. The molecule has 0 unspecified atom stereocenters. The largest absolute Gasteiger partial charge is 0.497 e. The van der Waals surface area contributed by atoms with Gasteiger partial charge < -0.3 is 28.3 Å². The highest BCUT2D eigenvalue weighted by Crippen LogP contribution is 2.49. The number of carbonyl (C=O) groups is 3. The Labute approximate surface area is 277 Å². The molecule has 0 amide bonds. The molecule has 0 aliphatic carbocycles. The van der Waals surface area contributed by atoms with Crippen LogP contribution >= 0.6 is 0 Å². The molecule has 1 aromatic heterocycles. The van der Waals surface area contributed by atoms with Gasteiger partial charge in [-0.1, -0.05) is 24.3 Å². The van der Waals surface area contributed by atoms with Gasteiger partial charge in [-0.25, -0.2) is 0 Å². The van der Waals surface area contributed by atoms with Gasteiger partial charge in [0, 0.05) is 43.8 Å². The first-order valence-corrected chi connectivity index (χ1v) is 15.7. The van der Waals surface area contributed by atoms with E-state index in [1.165, 1.54) is 14.0 Å². The number of pyridine rings is 1. The summed E-state index contributed by atoms with van der Waals surface area (Å²) in [4.78, 5) is 52.9. The van der Waals surface area contributed by atoms with Crippen molar-refractivity contribution in [2.24, 2.45) is 7.05 Å². The summed E-state index contributed by atoms with van der Waals surface area (Å²) in [6.07, 6.45) is -1.87. The molecule has 10 nitrogen and oxygen atoms in total. The summed E-state index contributed by atoms with van der Waals surface area (Å²) in [7, 11) is 4.85. The molecule has 10 heteroatoms. The van der Waals surface area contributed by atoms with Gasteiger partial charge >= 0.3 is 11.9 Å². The van der Waals surface area contributed by atoms with E-state index < -0.39 is 29.7 Å². The highest BCUT2D eigenvalue weighted by atomic mass is 16.6. The molecule has 0 N–H and O–H groups in total. The molecule has 48 heavy (non-hydrogen) atoms. The third-order valence-electron chi connectivity index (χ3n) is 8.88. The zero-order valence-electron chi connectivity index (χ0n) is 27.7. The molecule has 0 fully saturated rings. The summed E-state index contributed by atoms with van der Waals surface area (Å²) in [5.74, 6) is -0.0139. The van der Waals surface area contributed by atoms with E-state index in [9.17, 15) is 19.2 Å². The monoisotopic (exact) mass is 651 g/mol. The lowest BCUT2D eigenvalue weighted by atomic mass is 9.86. The van der Waals surface area contributed by atoms with Crippen LogP contribution in [0, 0.1) is 0 Å². The molecule has 6 rings (SSSR count). The summed E-state index contributed by atoms with van der Waals surface area (Å²) in [6, 6.07) is 20.0. The average molecular weight is 652 g/mol. The predicted molar refractivity (Wildman–Crippen MR) is 181 cm³/mol. The van der Waals surface area contributed by atoms with Gasteiger partial charge in [-0.15, -0.1) is 0 Å². The highest BCUT2D eigenvalue weighted by molar-refractivity contribution is 6.04. The molecule has 0 bridgehead atoms. The Kier molecular flexibility index (Phi) is 8.59. The molecular formula is C38H37NO9. The van der Waals surface area contributed by atoms with Gasteiger partial charge in [0.05, 0.1) is 36.2 Å². The Morgan fingerprint density at radius 3 is 2.23 bits per heavy atom. The standard InChI is InChI=1S/C38H37NO9/c1-21(40)46-36-33-30(48-38(2,3)37(36)47-31(42)13-9-12-28(41)22-14-16-25(44-5)17-15-22)20-29(45-6)32-34(33)39(4)27-19-24-11-8-7-10-23(24)18-26(27)35(32)43/h7-8,10-11,14-20,36-37H,9,12-13H2,1-6H3/t36-,37-/m1/s1. The number of nitrogens with zero attached hydrogens (tertiary/aromatic N) is 1. The van der Waals surface area contributed by atoms with E-state index in [4.69, 9.17) is 23.7 Å². The molecule has 1 aliphatic rings. The Bertz CT molecular complexity index is 2150. The number of methoxy groups -OCH3 is 2. The number of esters is 2. The van der Waals surface area contributed by atoms with Crippen LogP contribution < -0.4 is 19.6 Å². The fourth-order valence-corrected chi connectivity index (χ4v) is 6.54. The number of ketones is 1. The number of aromatic nitrogens is 1. The van der Waals surface area contributed by atoms with E-state index in [0.29, 0.717) is 44.8 Å². The van der Waals surface area contributed by atoms with Crippen LogP contribution in [-0.4, -0.2) is 48.2 Å². The van der Waals surface area contributed by atoms with Crippen LogP contribution in [-0.2, 0) is 26.1 Å². The molecule has 2 heterocycles. The SMILES string of the molecule is COc1ccc(C(=O)CCCC(=O)O[C@@H]2[C@H](OC(C)=O)c3c(cc(OC)c4c(=O)c5cc6ccccc6cc5n(C)c34)OC2(C)C)cc1. The number of benzene rings is 4. The number of aryl methyl sites for hydroxylation is 1. The fraction of sp³-hybridized carbons (Fsp3) is 0.316. The van der Waals surface area contributed by atoms with Crippen molar-refractivity contribution in [2.45, 2.75) is 57.8 Å². The quantitative estimate of drug-likeness (QED) is 0.0986. The summed E-state index contributed by atoms with van der Waals surface area (Å²) < 4.78 is 31.2. The van der Waals surface area contributed by atoms with Crippen LogP contribution in [0.3, 0.4) is 0 Å². The topological polar surface area (TPSA) is 119 Å². The van der Waals surface area contributed by atoms with Crippen LogP contribution in [0.2, 0.25) is 0 Å². The molecule has 0 saturated carbocycles. The van der Waals surface area contributed by atoms with Crippen LogP contribution in [0.25, 0.3) is 32.6 Å². The van der Waals surface area contributed by atoms with Crippen LogP contribution in [0.5, 0.6) is 17.2 Å². The number of hydrogen-bond acceptors (Lipinski definition) is 9. The number of ether oxygens (including phenoxy) is 5. The zero-order chi connectivity index (χ0) is 34.3. The van der Waals surface area contributed by atoms with Crippen molar-refractivity contribution in [1.29, 1.82) is 0 Å². The molecule has 0 spiro atoms. The van der Waals surface area contributed by atoms with Crippen molar-refractivity contribution in [3.63, 3.8) is 0 Å². The fourth-order valence-electron chi connectivity index (χ4n) is 6.54. The summed E-state index contributed by atoms with van der Waals surface area (Å²) in [6.45, 7) is 4.75. The molecule has 5 aromatic rings. The second kappa shape index (κ2) is 12.7. The van der Waals surface area contributed by atoms with E-state index in [-0.39, 0.29) is 35.9 Å². The van der Waals surface area contributed by atoms with E-state index in [2.05, 4.69) is 0 Å². The number of rotatable bonds is 9. The van der Waals surface area contributed by atoms with Gasteiger partial charge in [0.25, 0.3) is 0 Å². The van der Waals surface area contributed by atoms with Crippen molar-refractivity contribution in [3.05, 3.63) is 88.1 Å². The van der Waals surface area contributed by atoms with Gasteiger partial charge in [0.1, 0.15) is 22.8 Å². The number of carbonyl (C=O) groups excluding carboxylic acids is 3. The van der Waals surface area contributed by atoms with Crippen molar-refractivity contribution in [2.75, 3.05) is 14.2 Å². The first kappa shape index (κ1) is 32.6. The Morgan fingerprint density at radius 2 is 1.58 bits per heavy atom. The molecule has 0 saturated heterocycles. The lowest BCUT2D eigenvalue weighted by Crippen LogP contribution is -2.52. The average Bonchev–Trinajstić information content (AvgIpc) is 3.06. The van der Waals surface area contributed by atoms with Crippen LogP contribution in [0.15, 0.2) is 71.5 Å². The van der Waals surface area contributed by atoms with Gasteiger partial charge in [0.15, 0.2) is 18.0 Å².